The highest BCUT2D eigenvalue weighted by molar-refractivity contribution is 7.63. The Bertz CT molecular complexity index is 1110. The maximum atomic E-state index is 6.92. The molecule has 174 valence electrons. The maximum Gasteiger partial charge on any atom is 0.549 e. The molecule has 34 heavy (non-hydrogen) atoms. The van der Waals surface area contributed by atoms with Gasteiger partial charge in [-0.05, 0) is 62.1 Å². The Hall–Kier alpha value is -3.29. The van der Waals surface area contributed by atoms with Crippen molar-refractivity contribution in [2.24, 2.45) is 0 Å². The van der Waals surface area contributed by atoms with Crippen LogP contribution in [0, 0.1) is 20.8 Å². The molecule has 0 fully saturated rings. The molecular weight excluding hydrogens is 439 g/mol. The molecule has 0 aliphatic carbocycles. The monoisotopic (exact) mass is 471 g/mol. The molecule has 0 spiro atoms. The number of benzene rings is 4. The van der Waals surface area contributed by atoms with Crippen molar-refractivity contribution < 1.29 is 13.6 Å². The molecule has 0 saturated heterocycles. The van der Waals surface area contributed by atoms with Crippen molar-refractivity contribution in [1.29, 1.82) is 0 Å². The summed E-state index contributed by atoms with van der Waals surface area (Å²) in [6, 6.07) is 34.5. The molecule has 1 unspecified atom stereocenters. The Balaban J connectivity index is 1.93. The van der Waals surface area contributed by atoms with Crippen LogP contribution < -0.4 is 13.6 Å². The quantitative estimate of drug-likeness (QED) is 0.228. The molecule has 0 bridgehead atoms. The van der Waals surface area contributed by atoms with Crippen LogP contribution >= 0.6 is 7.94 Å². The summed E-state index contributed by atoms with van der Waals surface area (Å²) < 4.78 is 20.8. The van der Waals surface area contributed by atoms with Gasteiger partial charge in [-0.3, -0.25) is 13.6 Å². The Kier molecular flexibility index (Phi) is 7.55. The maximum absolute atomic E-state index is 6.92. The van der Waals surface area contributed by atoms with Gasteiger partial charge in [0.2, 0.25) is 5.66 Å². The summed E-state index contributed by atoms with van der Waals surface area (Å²) in [4.78, 5) is 0. The molecule has 0 amide bonds. The third kappa shape index (κ3) is 5.26. The van der Waals surface area contributed by atoms with Gasteiger partial charge in [0.05, 0.1) is 0 Å². The highest BCUT2D eigenvalue weighted by Crippen LogP contribution is 2.71. The van der Waals surface area contributed by atoms with Gasteiger partial charge in [0, 0.05) is 5.56 Å². The smallest absolute Gasteiger partial charge is 0.271 e. The summed E-state index contributed by atoms with van der Waals surface area (Å²) >= 11 is 0. The van der Waals surface area contributed by atoms with Crippen LogP contribution in [0.4, 0.5) is 0 Å². The van der Waals surface area contributed by atoms with Gasteiger partial charge in [-0.1, -0.05) is 91.9 Å². The lowest BCUT2D eigenvalue weighted by atomic mass is 10.1. The van der Waals surface area contributed by atoms with Gasteiger partial charge in [-0.25, -0.2) is 0 Å². The van der Waals surface area contributed by atoms with Crippen LogP contribution in [0.25, 0.3) is 0 Å². The van der Waals surface area contributed by atoms with E-state index < -0.39 is 7.94 Å². The second-order valence-corrected chi connectivity index (χ2v) is 10.7. The van der Waals surface area contributed by atoms with Crippen molar-refractivity contribution in [3.8, 4) is 17.2 Å². The van der Waals surface area contributed by atoms with Gasteiger partial charge >= 0.3 is 7.94 Å². The van der Waals surface area contributed by atoms with Crippen molar-refractivity contribution in [2.75, 3.05) is 0 Å². The summed E-state index contributed by atoms with van der Waals surface area (Å²) in [6.07, 6.45) is 0.793. The van der Waals surface area contributed by atoms with Gasteiger partial charge < -0.3 is 0 Å². The SMILES string of the molecule is CCC(c1ccccc1)[P+](Oc1ccccc1C)(Oc1ccccc1C)Oc1ccccc1C. The zero-order valence-electron chi connectivity index (χ0n) is 20.3. The lowest BCUT2D eigenvalue weighted by Crippen LogP contribution is -2.23. The Morgan fingerprint density at radius 2 is 0.882 bits per heavy atom. The first kappa shape index (κ1) is 23.9. The summed E-state index contributed by atoms with van der Waals surface area (Å²) in [5, 5.41) is 0. The third-order valence-electron chi connectivity index (χ3n) is 5.91. The van der Waals surface area contributed by atoms with Crippen LogP contribution in [0.3, 0.4) is 0 Å². The van der Waals surface area contributed by atoms with Crippen molar-refractivity contribution in [3.05, 3.63) is 125 Å². The molecule has 0 radical (unpaired) electrons. The molecule has 4 aromatic rings. The lowest BCUT2D eigenvalue weighted by molar-refractivity contribution is 0.335. The molecule has 4 heteroatoms. The molecule has 1 atom stereocenters. The van der Waals surface area contributed by atoms with E-state index >= 15 is 0 Å². The standard InChI is InChI=1S/C30H32O3P/c1-5-30(26-18-7-6-8-19-26)34(31-27-20-12-9-15-23(27)2,32-28-21-13-10-16-24(28)3)33-29-22-14-11-17-25(29)4/h6-22,30H,5H2,1-4H3/q+1. The predicted molar refractivity (Wildman–Crippen MR) is 142 cm³/mol. The van der Waals surface area contributed by atoms with Crippen molar-refractivity contribution >= 4 is 7.94 Å². The average Bonchev–Trinajstić information content (AvgIpc) is 2.85. The Labute approximate surface area is 203 Å². The van der Waals surface area contributed by atoms with E-state index in [0.29, 0.717) is 0 Å². The molecule has 0 aliphatic heterocycles. The van der Waals surface area contributed by atoms with Crippen LogP contribution in [-0.4, -0.2) is 0 Å². The third-order valence-corrected chi connectivity index (χ3v) is 8.69. The highest BCUT2D eigenvalue weighted by atomic mass is 31.2. The van der Waals surface area contributed by atoms with E-state index in [-0.39, 0.29) is 5.66 Å². The zero-order chi connectivity index (χ0) is 24.0. The van der Waals surface area contributed by atoms with Gasteiger partial charge in [-0.2, -0.15) is 0 Å². The molecule has 4 rings (SSSR count). The summed E-state index contributed by atoms with van der Waals surface area (Å²) in [6.45, 7) is 8.31. The minimum Gasteiger partial charge on any atom is -0.271 e. The first-order valence-corrected chi connectivity index (χ1v) is 13.3. The lowest BCUT2D eigenvalue weighted by Gasteiger charge is -2.30. The second-order valence-electron chi connectivity index (χ2n) is 8.44. The van der Waals surface area contributed by atoms with Crippen molar-refractivity contribution in [3.63, 3.8) is 0 Å². The molecule has 0 aliphatic rings. The fourth-order valence-corrected chi connectivity index (χ4v) is 6.87. The summed E-state index contributed by atoms with van der Waals surface area (Å²) in [7, 11) is -3.07. The predicted octanol–water partition coefficient (Wildman–Crippen LogP) is 9.06. The topological polar surface area (TPSA) is 27.7 Å². The largest absolute Gasteiger partial charge is 0.549 e. The second kappa shape index (κ2) is 10.8. The van der Waals surface area contributed by atoms with Crippen molar-refractivity contribution in [1.82, 2.24) is 0 Å². The molecule has 0 saturated carbocycles. The molecule has 0 aromatic heterocycles. The van der Waals surface area contributed by atoms with Crippen molar-refractivity contribution in [2.45, 2.75) is 39.8 Å². The van der Waals surface area contributed by atoms with Gasteiger partial charge in [0.25, 0.3) is 0 Å². The normalized spacial score (nSPS) is 12.1. The van der Waals surface area contributed by atoms with Gasteiger partial charge in [0.1, 0.15) is 0 Å². The zero-order valence-corrected chi connectivity index (χ0v) is 21.2. The number of hydrogen-bond acceptors (Lipinski definition) is 3. The summed E-state index contributed by atoms with van der Waals surface area (Å²) in [5.74, 6) is 2.31. The fraction of sp³-hybridized carbons (Fsp3) is 0.200. The van der Waals surface area contributed by atoms with E-state index in [2.05, 4.69) is 70.2 Å². The molecule has 0 N–H and O–H groups in total. The molecular formula is C30H32O3P+. The van der Waals surface area contributed by atoms with Gasteiger partial charge in [-0.15, -0.1) is 0 Å². The highest BCUT2D eigenvalue weighted by Gasteiger charge is 2.59. The van der Waals surface area contributed by atoms with E-state index in [0.717, 1.165) is 45.9 Å². The number of aryl methyl sites for hydroxylation is 3. The van der Waals surface area contributed by atoms with Crippen LogP contribution in [0.1, 0.15) is 41.3 Å². The first-order chi connectivity index (χ1) is 16.5. The fourth-order valence-electron chi connectivity index (χ4n) is 3.95. The van der Waals surface area contributed by atoms with Crippen LogP contribution in [0.15, 0.2) is 103 Å². The minimum absolute atomic E-state index is 0.104. The number of para-hydroxylation sites is 3. The molecule has 4 aromatic carbocycles. The Morgan fingerprint density at radius 1 is 0.529 bits per heavy atom. The summed E-state index contributed by atoms with van der Waals surface area (Å²) in [5.41, 5.74) is 4.14. The van der Waals surface area contributed by atoms with E-state index in [1.54, 1.807) is 0 Å². The van der Waals surface area contributed by atoms with E-state index in [9.17, 15) is 0 Å². The first-order valence-electron chi connectivity index (χ1n) is 11.7. The van der Waals surface area contributed by atoms with Gasteiger partial charge in [0.15, 0.2) is 17.2 Å². The average molecular weight is 472 g/mol. The van der Waals surface area contributed by atoms with E-state index in [1.807, 2.05) is 60.7 Å². The van der Waals surface area contributed by atoms with Crippen LogP contribution in [-0.2, 0) is 0 Å². The number of rotatable bonds is 9. The van der Waals surface area contributed by atoms with E-state index in [1.165, 1.54) is 0 Å². The van der Waals surface area contributed by atoms with E-state index in [4.69, 9.17) is 13.6 Å². The van der Waals surface area contributed by atoms with Crippen LogP contribution in [0.5, 0.6) is 17.2 Å². The molecule has 3 nitrogen and oxygen atoms in total. The minimum atomic E-state index is -3.07. The molecule has 0 heterocycles. The Morgan fingerprint density at radius 3 is 1.24 bits per heavy atom. The number of hydrogen-bond donors (Lipinski definition) is 0. The van der Waals surface area contributed by atoms with Crippen LogP contribution in [0.2, 0.25) is 0 Å².